The van der Waals surface area contributed by atoms with Gasteiger partial charge in [-0.05, 0) is 25.0 Å². The number of aliphatic hydroxyl groups is 1. The fourth-order valence-electron chi connectivity index (χ4n) is 2.89. The number of hydrogen-bond donors (Lipinski definition) is 4. The molecule has 9 heteroatoms. The van der Waals surface area contributed by atoms with E-state index in [0.717, 1.165) is 18.7 Å². The quantitative estimate of drug-likeness (QED) is 0.169. The van der Waals surface area contributed by atoms with Crippen molar-refractivity contribution in [3.63, 3.8) is 0 Å². The van der Waals surface area contributed by atoms with Gasteiger partial charge >= 0.3 is 0 Å². The van der Waals surface area contributed by atoms with Crippen molar-refractivity contribution in [1.82, 2.24) is 10.6 Å². The molecule has 144 valence electrons. The fraction of sp³-hybridized carbons (Fsp3) is 0.588. The molecule has 0 spiro atoms. The molecule has 0 radical (unpaired) electrons. The average molecular weight is 365 g/mol. The van der Waals surface area contributed by atoms with Crippen LogP contribution in [0.3, 0.4) is 0 Å². The molecule has 1 aliphatic rings. The van der Waals surface area contributed by atoms with Crippen molar-refractivity contribution in [1.29, 1.82) is 0 Å². The van der Waals surface area contributed by atoms with E-state index in [2.05, 4.69) is 20.9 Å². The smallest absolute Gasteiger partial charge is 0.269 e. The highest BCUT2D eigenvalue weighted by molar-refractivity contribution is 5.79. The van der Waals surface area contributed by atoms with Gasteiger partial charge in [0.25, 0.3) is 5.69 Å². The lowest BCUT2D eigenvalue weighted by Crippen LogP contribution is -2.45. The summed E-state index contributed by atoms with van der Waals surface area (Å²) in [6, 6.07) is 6.31. The topological polar surface area (TPSA) is 121 Å². The lowest BCUT2D eigenvalue weighted by atomic mass is 9.84. The van der Waals surface area contributed by atoms with Crippen LogP contribution in [-0.4, -0.2) is 62.5 Å². The van der Waals surface area contributed by atoms with Gasteiger partial charge in [-0.25, -0.2) is 0 Å². The van der Waals surface area contributed by atoms with E-state index in [1.165, 1.54) is 12.1 Å². The second kappa shape index (κ2) is 9.93. The number of aliphatic imine (C=N–C) groups is 1. The second-order valence-corrected chi connectivity index (χ2v) is 6.36. The van der Waals surface area contributed by atoms with Gasteiger partial charge in [0, 0.05) is 63.1 Å². The molecular weight excluding hydrogens is 338 g/mol. The number of anilines is 1. The molecule has 1 unspecified atom stereocenters. The number of hydrogen-bond acceptors (Lipinski definition) is 6. The van der Waals surface area contributed by atoms with Crippen molar-refractivity contribution in [2.75, 3.05) is 51.8 Å². The molecule has 2 rings (SSSR count). The molecule has 4 N–H and O–H groups in total. The largest absolute Gasteiger partial charge is 0.396 e. The zero-order valence-corrected chi connectivity index (χ0v) is 15.0. The Morgan fingerprint density at radius 3 is 2.69 bits per heavy atom. The van der Waals surface area contributed by atoms with Crippen LogP contribution in [-0.2, 0) is 4.74 Å². The molecule has 1 aromatic rings. The number of aliphatic hydroxyl groups excluding tert-OH is 1. The second-order valence-electron chi connectivity index (χ2n) is 6.36. The van der Waals surface area contributed by atoms with Gasteiger partial charge in [0.2, 0.25) is 0 Å². The van der Waals surface area contributed by atoms with Gasteiger partial charge in [0.1, 0.15) is 0 Å². The Bertz CT molecular complexity index is 600. The number of nitrogens with one attached hydrogen (secondary N) is 3. The summed E-state index contributed by atoms with van der Waals surface area (Å²) in [5.74, 6) is 0.694. The molecule has 0 aliphatic carbocycles. The monoisotopic (exact) mass is 365 g/mol. The number of nitro benzene ring substituents is 1. The summed E-state index contributed by atoms with van der Waals surface area (Å²) >= 11 is 0. The molecule has 1 aromatic carbocycles. The maximum absolute atomic E-state index is 10.6. The molecule has 0 aromatic heterocycles. The first kappa shape index (κ1) is 19.9. The zero-order valence-electron chi connectivity index (χ0n) is 15.0. The van der Waals surface area contributed by atoms with E-state index in [0.29, 0.717) is 38.6 Å². The number of nitrogens with zero attached hydrogens (tertiary/aromatic N) is 2. The Labute approximate surface area is 153 Å². The van der Waals surface area contributed by atoms with Crippen LogP contribution < -0.4 is 16.0 Å². The van der Waals surface area contributed by atoms with Crippen LogP contribution in [0.4, 0.5) is 11.4 Å². The van der Waals surface area contributed by atoms with Crippen LogP contribution in [0.15, 0.2) is 29.3 Å². The Morgan fingerprint density at radius 2 is 2.12 bits per heavy atom. The number of non-ortho nitro benzene ring substituents is 1. The van der Waals surface area contributed by atoms with Gasteiger partial charge in [-0.2, -0.15) is 0 Å². The van der Waals surface area contributed by atoms with E-state index in [1.807, 2.05) is 0 Å². The highest BCUT2D eigenvalue weighted by Gasteiger charge is 2.34. The van der Waals surface area contributed by atoms with Crippen molar-refractivity contribution in [2.24, 2.45) is 10.4 Å². The van der Waals surface area contributed by atoms with Gasteiger partial charge in [0.15, 0.2) is 5.96 Å². The van der Waals surface area contributed by atoms with Crippen molar-refractivity contribution in [3.8, 4) is 0 Å². The molecule has 1 aliphatic heterocycles. The van der Waals surface area contributed by atoms with Crippen LogP contribution in [0.2, 0.25) is 0 Å². The summed E-state index contributed by atoms with van der Waals surface area (Å²) in [4.78, 5) is 14.4. The van der Waals surface area contributed by atoms with Crippen LogP contribution in [0.1, 0.15) is 12.8 Å². The molecule has 0 amide bonds. The predicted molar refractivity (Wildman–Crippen MR) is 101 cm³/mol. The van der Waals surface area contributed by atoms with E-state index in [-0.39, 0.29) is 17.7 Å². The molecule has 26 heavy (non-hydrogen) atoms. The molecule has 1 fully saturated rings. The Balaban J connectivity index is 1.70. The number of benzene rings is 1. The van der Waals surface area contributed by atoms with E-state index in [9.17, 15) is 15.2 Å². The van der Waals surface area contributed by atoms with Crippen molar-refractivity contribution in [2.45, 2.75) is 12.8 Å². The molecule has 1 heterocycles. The number of ether oxygens (including phenoxy) is 1. The summed E-state index contributed by atoms with van der Waals surface area (Å²) in [7, 11) is 1.71. The Kier molecular flexibility index (Phi) is 7.61. The number of nitro groups is 1. The van der Waals surface area contributed by atoms with Gasteiger partial charge in [-0.1, -0.05) is 0 Å². The van der Waals surface area contributed by atoms with Gasteiger partial charge in [0.05, 0.1) is 11.5 Å². The first-order chi connectivity index (χ1) is 12.6. The SMILES string of the molecule is CN=C(NCCNc1ccc([N+](=O)[O-])cc1)NCC1(CCO)CCOC1. The number of rotatable bonds is 9. The Hall–Kier alpha value is -2.39. The minimum Gasteiger partial charge on any atom is -0.396 e. The van der Waals surface area contributed by atoms with Gasteiger partial charge < -0.3 is 25.8 Å². The third-order valence-corrected chi connectivity index (χ3v) is 4.51. The summed E-state index contributed by atoms with van der Waals surface area (Å²) in [6.07, 6.45) is 1.64. The highest BCUT2D eigenvalue weighted by atomic mass is 16.6. The maximum Gasteiger partial charge on any atom is 0.269 e. The van der Waals surface area contributed by atoms with Crippen molar-refractivity contribution < 1.29 is 14.8 Å². The zero-order chi connectivity index (χ0) is 18.8. The minimum absolute atomic E-state index is 0.0383. The molecule has 1 atom stereocenters. The lowest BCUT2D eigenvalue weighted by molar-refractivity contribution is -0.384. The normalized spacial score (nSPS) is 20.0. The molecular formula is C17H27N5O4. The van der Waals surface area contributed by atoms with E-state index < -0.39 is 4.92 Å². The molecule has 1 saturated heterocycles. The van der Waals surface area contributed by atoms with Gasteiger partial charge in [-0.3, -0.25) is 15.1 Å². The lowest BCUT2D eigenvalue weighted by Gasteiger charge is -2.27. The average Bonchev–Trinajstić information content (AvgIpc) is 3.10. The van der Waals surface area contributed by atoms with E-state index in [4.69, 9.17) is 4.74 Å². The molecule has 0 bridgehead atoms. The highest BCUT2D eigenvalue weighted by Crippen LogP contribution is 2.31. The predicted octanol–water partition coefficient (Wildman–Crippen LogP) is 0.961. The van der Waals surface area contributed by atoms with Crippen LogP contribution in [0, 0.1) is 15.5 Å². The standard InChI is InChI=1S/C17H27N5O4/c1-18-16(21-12-17(6-10-23)7-11-26-13-17)20-9-8-19-14-2-4-15(5-3-14)22(24)25/h2-5,19,23H,6-13H2,1H3,(H2,18,20,21). The van der Waals surface area contributed by atoms with Crippen LogP contribution in [0.5, 0.6) is 0 Å². The summed E-state index contributed by atoms with van der Waals surface area (Å²) in [6.45, 7) is 3.51. The van der Waals surface area contributed by atoms with Crippen molar-refractivity contribution >= 4 is 17.3 Å². The van der Waals surface area contributed by atoms with Gasteiger partial charge in [-0.15, -0.1) is 0 Å². The number of guanidine groups is 1. The molecule has 9 nitrogen and oxygen atoms in total. The van der Waals surface area contributed by atoms with Crippen LogP contribution >= 0.6 is 0 Å². The van der Waals surface area contributed by atoms with Crippen LogP contribution in [0.25, 0.3) is 0 Å². The first-order valence-corrected chi connectivity index (χ1v) is 8.70. The van der Waals surface area contributed by atoms with Crippen molar-refractivity contribution in [3.05, 3.63) is 34.4 Å². The molecule has 0 saturated carbocycles. The summed E-state index contributed by atoms with van der Waals surface area (Å²) in [5, 5.41) is 29.6. The third-order valence-electron chi connectivity index (χ3n) is 4.51. The maximum atomic E-state index is 10.6. The third kappa shape index (κ3) is 5.85. The minimum atomic E-state index is -0.417. The fourth-order valence-corrected chi connectivity index (χ4v) is 2.89. The van der Waals surface area contributed by atoms with E-state index in [1.54, 1.807) is 19.2 Å². The summed E-state index contributed by atoms with van der Waals surface area (Å²) < 4.78 is 5.49. The Morgan fingerprint density at radius 1 is 1.35 bits per heavy atom. The van der Waals surface area contributed by atoms with E-state index >= 15 is 0 Å². The summed E-state index contributed by atoms with van der Waals surface area (Å²) in [5.41, 5.74) is 0.861. The first-order valence-electron chi connectivity index (χ1n) is 8.70.